The van der Waals surface area contributed by atoms with Gasteiger partial charge in [0.15, 0.2) is 12.1 Å². The Morgan fingerprint density at radius 1 is 1.07 bits per heavy atom. The second kappa shape index (κ2) is 6.93. The first-order valence-electron chi connectivity index (χ1n) is 10.8. The maximum absolute atomic E-state index is 12.9. The average Bonchev–Trinajstić information content (AvgIpc) is 2.97. The molecule has 0 aromatic rings. The summed E-state index contributed by atoms with van der Waals surface area (Å²) in [5, 5.41) is 21.5. The molecule has 4 rings (SSSR count). The van der Waals surface area contributed by atoms with Crippen LogP contribution in [0.15, 0.2) is 0 Å². The molecule has 4 nitrogen and oxygen atoms in total. The highest BCUT2D eigenvalue weighted by Crippen LogP contribution is 2.67. The molecule has 0 aromatic carbocycles. The van der Waals surface area contributed by atoms with Crippen molar-refractivity contribution in [1.29, 1.82) is 0 Å². The molecule has 1 unspecified atom stereocenters. The lowest BCUT2D eigenvalue weighted by Crippen LogP contribution is -2.59. The Balaban J connectivity index is 1.64. The van der Waals surface area contributed by atoms with Crippen molar-refractivity contribution in [2.45, 2.75) is 81.8 Å². The van der Waals surface area contributed by atoms with Gasteiger partial charge >= 0.3 is 0 Å². The number of carbonyl (C=O) groups is 2. The summed E-state index contributed by atoms with van der Waals surface area (Å²) in [7, 11) is 0. The summed E-state index contributed by atoms with van der Waals surface area (Å²) in [6.45, 7) is 4.42. The van der Waals surface area contributed by atoms with E-state index < -0.39 is 16.2 Å². The second-order valence-corrected chi connectivity index (χ2v) is 11.9. The number of aliphatic hydroxyl groups is 2. The van der Waals surface area contributed by atoms with Crippen molar-refractivity contribution in [3.05, 3.63) is 0 Å². The smallest absolute Gasteiger partial charge is 0.230 e. The topological polar surface area (TPSA) is 74.6 Å². The second-order valence-electron chi connectivity index (χ2n) is 10.5. The van der Waals surface area contributed by atoms with Crippen LogP contribution in [0.5, 0.6) is 0 Å². The third-order valence-electron chi connectivity index (χ3n) is 9.36. The fourth-order valence-electron chi connectivity index (χ4n) is 8.08. The number of Topliss-reactive ketones (excluding diaryl/α,β-unsaturated/α-hetero) is 1. The number of ketones is 1. The van der Waals surface area contributed by atoms with Gasteiger partial charge in [0.2, 0.25) is 4.33 Å². The first-order valence-corrected chi connectivity index (χ1v) is 11.5. The van der Waals surface area contributed by atoms with E-state index in [1.807, 2.05) is 0 Å². The summed E-state index contributed by atoms with van der Waals surface area (Å²) in [6.07, 6.45) is 6.54. The van der Waals surface area contributed by atoms with E-state index in [2.05, 4.69) is 13.8 Å². The maximum Gasteiger partial charge on any atom is 0.230 e. The largest absolute Gasteiger partial charge is 0.393 e. The Morgan fingerprint density at radius 2 is 1.79 bits per heavy atom. The van der Waals surface area contributed by atoms with Gasteiger partial charge in [-0.05, 0) is 85.9 Å². The number of aldehydes is 1. The zero-order chi connectivity index (χ0) is 20.5. The van der Waals surface area contributed by atoms with Crippen LogP contribution in [0, 0.1) is 40.4 Å². The third kappa shape index (κ3) is 2.92. The predicted molar refractivity (Wildman–Crippen MR) is 108 cm³/mol. The Kier molecular flexibility index (Phi) is 5.22. The molecule has 0 spiro atoms. The number of rotatable bonds is 3. The van der Waals surface area contributed by atoms with E-state index in [0.29, 0.717) is 36.9 Å². The van der Waals surface area contributed by atoms with Crippen LogP contribution >= 0.6 is 23.2 Å². The number of aliphatic hydroxyl groups excluding tert-OH is 2. The Bertz CT molecular complexity index is 667. The zero-order valence-electron chi connectivity index (χ0n) is 16.7. The number of hydrogen-bond acceptors (Lipinski definition) is 4. The quantitative estimate of drug-likeness (QED) is 0.404. The number of alkyl halides is 2. The van der Waals surface area contributed by atoms with Crippen molar-refractivity contribution in [2.75, 3.05) is 0 Å². The van der Waals surface area contributed by atoms with Gasteiger partial charge in [0.25, 0.3) is 0 Å². The molecule has 0 heterocycles. The SMILES string of the molecule is C[C@]12C[C@@H](O)[C@H]3[C@@H](CCC4C[C@H](O)CC[C@@]43C)[C@@H]1CC[C@@H]2C(=O)C(Cl)(Cl)C=O. The Hall–Kier alpha value is -0.160. The van der Waals surface area contributed by atoms with Gasteiger partial charge in [0.1, 0.15) is 0 Å². The number of halogens is 2. The van der Waals surface area contributed by atoms with Crippen molar-refractivity contribution < 1.29 is 19.8 Å². The summed E-state index contributed by atoms with van der Waals surface area (Å²) < 4.78 is -1.99. The molecule has 0 aromatic heterocycles. The summed E-state index contributed by atoms with van der Waals surface area (Å²) in [5.74, 6) is 0.612. The standard InChI is InChI=1S/C22H32Cl2O4/c1-20-8-7-13(26)9-12(20)3-4-14-15-5-6-16(19(28)22(23,24)11-25)21(15,2)10-17(27)18(14)20/h11-18,26-27H,3-10H2,1-2H3/t12?,13-,14+,15+,16-,17-,18-,20+,21+/m1/s1. The van der Waals surface area contributed by atoms with Crippen molar-refractivity contribution >= 4 is 35.3 Å². The molecule has 0 bridgehead atoms. The van der Waals surface area contributed by atoms with Crippen molar-refractivity contribution in [3.8, 4) is 0 Å². The van der Waals surface area contributed by atoms with E-state index in [0.717, 1.165) is 38.5 Å². The molecule has 6 heteroatoms. The van der Waals surface area contributed by atoms with Crippen LogP contribution < -0.4 is 0 Å². The van der Waals surface area contributed by atoms with Crippen molar-refractivity contribution in [2.24, 2.45) is 40.4 Å². The molecule has 0 amide bonds. The first kappa shape index (κ1) is 21.1. The fraction of sp³-hybridized carbons (Fsp3) is 0.909. The van der Waals surface area contributed by atoms with Crippen LogP contribution in [-0.4, -0.2) is 38.8 Å². The molecule has 4 aliphatic carbocycles. The molecule has 0 saturated heterocycles. The Morgan fingerprint density at radius 3 is 2.46 bits per heavy atom. The van der Waals surface area contributed by atoms with Crippen LogP contribution in [0.25, 0.3) is 0 Å². The van der Waals surface area contributed by atoms with Gasteiger partial charge in [-0.3, -0.25) is 9.59 Å². The lowest BCUT2D eigenvalue weighted by molar-refractivity contribution is -0.178. The summed E-state index contributed by atoms with van der Waals surface area (Å²) in [6, 6.07) is 0. The minimum absolute atomic E-state index is 0.0521. The van der Waals surface area contributed by atoms with Gasteiger partial charge < -0.3 is 10.2 Å². The normalized spacial score (nSPS) is 51.0. The molecule has 158 valence electrons. The molecule has 2 N–H and O–H groups in total. The highest BCUT2D eigenvalue weighted by molar-refractivity contribution is 6.65. The van der Waals surface area contributed by atoms with Crippen LogP contribution in [0.3, 0.4) is 0 Å². The minimum Gasteiger partial charge on any atom is -0.393 e. The molecule has 4 aliphatic rings. The van der Waals surface area contributed by atoms with E-state index >= 15 is 0 Å². The van der Waals surface area contributed by atoms with Gasteiger partial charge in [-0.1, -0.05) is 37.0 Å². The molecule has 0 radical (unpaired) electrons. The number of fused-ring (bicyclic) bond motifs is 5. The van der Waals surface area contributed by atoms with E-state index in [9.17, 15) is 19.8 Å². The van der Waals surface area contributed by atoms with E-state index in [-0.39, 0.29) is 28.8 Å². The molecule has 0 aliphatic heterocycles. The van der Waals surface area contributed by atoms with Crippen LogP contribution in [0.1, 0.15) is 65.2 Å². The minimum atomic E-state index is -1.99. The molecule has 28 heavy (non-hydrogen) atoms. The first-order chi connectivity index (χ1) is 13.0. The molecule has 4 saturated carbocycles. The van der Waals surface area contributed by atoms with E-state index in [1.54, 1.807) is 0 Å². The molecular formula is C22H32Cl2O4. The fourth-order valence-corrected chi connectivity index (χ4v) is 8.35. The van der Waals surface area contributed by atoms with Gasteiger partial charge in [0, 0.05) is 5.92 Å². The summed E-state index contributed by atoms with van der Waals surface area (Å²) in [5.41, 5.74) is -0.316. The highest BCUT2D eigenvalue weighted by Gasteiger charge is 2.64. The zero-order valence-corrected chi connectivity index (χ0v) is 18.3. The maximum atomic E-state index is 12.9. The van der Waals surface area contributed by atoms with Crippen molar-refractivity contribution in [1.82, 2.24) is 0 Å². The van der Waals surface area contributed by atoms with Gasteiger partial charge in [0.05, 0.1) is 12.2 Å². The number of carbonyl (C=O) groups excluding carboxylic acids is 2. The van der Waals surface area contributed by atoms with Crippen LogP contribution in [0.2, 0.25) is 0 Å². The Labute approximate surface area is 177 Å². The number of hydrogen-bond donors (Lipinski definition) is 2. The van der Waals surface area contributed by atoms with Crippen LogP contribution in [0.4, 0.5) is 0 Å². The molecule has 9 atom stereocenters. The summed E-state index contributed by atoms with van der Waals surface area (Å²) in [4.78, 5) is 24.2. The van der Waals surface area contributed by atoms with Gasteiger partial charge in [-0.2, -0.15) is 0 Å². The van der Waals surface area contributed by atoms with Gasteiger partial charge in [-0.25, -0.2) is 0 Å². The molecule has 4 fully saturated rings. The predicted octanol–water partition coefficient (Wildman–Crippen LogP) is 3.92. The lowest BCUT2D eigenvalue weighted by atomic mass is 9.44. The lowest BCUT2D eigenvalue weighted by Gasteiger charge is -2.62. The molecular weight excluding hydrogens is 399 g/mol. The highest BCUT2D eigenvalue weighted by atomic mass is 35.5. The van der Waals surface area contributed by atoms with Crippen molar-refractivity contribution in [3.63, 3.8) is 0 Å². The van der Waals surface area contributed by atoms with Gasteiger partial charge in [-0.15, -0.1) is 0 Å². The van der Waals surface area contributed by atoms with Crippen LogP contribution in [-0.2, 0) is 9.59 Å². The monoisotopic (exact) mass is 430 g/mol. The van der Waals surface area contributed by atoms with E-state index in [1.165, 1.54) is 0 Å². The summed E-state index contributed by atoms with van der Waals surface area (Å²) >= 11 is 12.0. The average molecular weight is 431 g/mol. The third-order valence-corrected chi connectivity index (χ3v) is 9.91. The van der Waals surface area contributed by atoms with E-state index in [4.69, 9.17) is 23.2 Å².